The fourth-order valence-electron chi connectivity index (χ4n) is 3.99. The maximum Gasteiger partial charge on any atom is 0.200 e. The van der Waals surface area contributed by atoms with E-state index in [1.807, 2.05) is 0 Å². The van der Waals surface area contributed by atoms with Crippen LogP contribution in [0.5, 0.6) is 34.5 Å². The van der Waals surface area contributed by atoms with Crippen LogP contribution in [0.25, 0.3) is 44.2 Å². The summed E-state index contributed by atoms with van der Waals surface area (Å²) in [7, 11) is 0. The lowest BCUT2D eigenvalue weighted by atomic mass is 10.1. The minimum Gasteiger partial charge on any atom is -0.508 e. The molecule has 0 unspecified atom stereocenters. The highest BCUT2D eigenvalue weighted by Gasteiger charge is 2.13. The predicted octanol–water partition coefficient (Wildman–Crippen LogP) is 5.15. The van der Waals surface area contributed by atoms with Gasteiger partial charge in [-0.15, -0.1) is 0 Å². The summed E-state index contributed by atoms with van der Waals surface area (Å²) in [5.74, 6) is -1.26. The minimum atomic E-state index is -0.382. The molecule has 0 spiro atoms. The van der Waals surface area contributed by atoms with E-state index in [-0.39, 0.29) is 67.3 Å². The third-order valence-electron chi connectivity index (χ3n) is 6.10. The van der Waals surface area contributed by atoms with Crippen molar-refractivity contribution in [1.82, 2.24) is 0 Å². The third-order valence-corrected chi connectivity index (χ3v) is 6.10. The number of benzene rings is 4. The zero-order valence-corrected chi connectivity index (χ0v) is 20.4. The fourth-order valence-corrected chi connectivity index (χ4v) is 3.99. The largest absolute Gasteiger partial charge is 0.508 e. The average Bonchev–Trinajstić information content (AvgIpc) is 2.93. The summed E-state index contributed by atoms with van der Waals surface area (Å²) in [5.41, 5.74) is 1.52. The number of aromatic hydroxyl groups is 6. The van der Waals surface area contributed by atoms with Crippen LogP contribution in [0.15, 0.2) is 104 Å². The number of fused-ring (bicyclic) bond motifs is 2. The van der Waals surface area contributed by atoms with Crippen molar-refractivity contribution in [3.8, 4) is 56.8 Å². The van der Waals surface area contributed by atoms with E-state index in [4.69, 9.17) is 8.83 Å². The molecule has 0 bridgehead atoms. The van der Waals surface area contributed by atoms with Gasteiger partial charge in [0.05, 0.1) is 21.9 Å². The van der Waals surface area contributed by atoms with E-state index < -0.39 is 0 Å². The van der Waals surface area contributed by atoms with E-state index in [0.717, 1.165) is 0 Å². The van der Waals surface area contributed by atoms with Gasteiger partial charge in [-0.1, -0.05) is 24.3 Å². The van der Waals surface area contributed by atoms with Gasteiger partial charge in [-0.05, 0) is 47.5 Å². The number of phenols is 6. The molecule has 6 N–H and O–H groups in total. The second kappa shape index (κ2) is 10.1. The summed E-state index contributed by atoms with van der Waals surface area (Å²) in [4.78, 5) is 24.7. The Labute approximate surface area is 224 Å². The van der Waals surface area contributed by atoms with Crippen LogP contribution < -0.4 is 10.9 Å². The fraction of sp³-hybridized carbons (Fsp3) is 0. The molecule has 2 aromatic heterocycles. The molecule has 0 saturated heterocycles. The smallest absolute Gasteiger partial charge is 0.200 e. The molecule has 6 rings (SSSR count). The first kappa shape index (κ1) is 25.7. The van der Waals surface area contributed by atoms with Gasteiger partial charge < -0.3 is 39.5 Å². The molecule has 0 saturated carbocycles. The van der Waals surface area contributed by atoms with E-state index in [2.05, 4.69) is 0 Å². The van der Waals surface area contributed by atoms with E-state index in [9.17, 15) is 40.2 Å². The van der Waals surface area contributed by atoms with Crippen molar-refractivity contribution < 1.29 is 39.5 Å². The van der Waals surface area contributed by atoms with Gasteiger partial charge in [0.15, 0.2) is 23.0 Å². The summed E-state index contributed by atoms with van der Waals surface area (Å²) >= 11 is 0. The van der Waals surface area contributed by atoms with Crippen molar-refractivity contribution in [2.45, 2.75) is 0 Å². The van der Waals surface area contributed by atoms with Gasteiger partial charge in [-0.25, -0.2) is 0 Å². The molecule has 0 aliphatic rings. The predicted molar refractivity (Wildman–Crippen MR) is 146 cm³/mol. The van der Waals surface area contributed by atoms with Crippen molar-refractivity contribution in [3.63, 3.8) is 0 Å². The molecular weight excluding hydrogens is 520 g/mol. The first-order chi connectivity index (χ1) is 19.1. The van der Waals surface area contributed by atoms with Gasteiger partial charge in [0.2, 0.25) is 10.9 Å². The third kappa shape index (κ3) is 4.84. The van der Waals surface area contributed by atoms with Crippen molar-refractivity contribution in [2.24, 2.45) is 0 Å². The zero-order valence-electron chi connectivity index (χ0n) is 20.4. The molecule has 0 fully saturated rings. The Morgan fingerprint density at radius 2 is 0.775 bits per heavy atom. The van der Waals surface area contributed by atoms with Crippen molar-refractivity contribution in [2.75, 3.05) is 0 Å². The Bertz CT molecular complexity index is 1840. The highest BCUT2D eigenvalue weighted by Crippen LogP contribution is 2.31. The lowest BCUT2D eigenvalue weighted by molar-refractivity contribution is 0.403. The highest BCUT2D eigenvalue weighted by atomic mass is 16.3. The molecule has 0 radical (unpaired) electrons. The van der Waals surface area contributed by atoms with Crippen LogP contribution in [0, 0.1) is 0 Å². The summed E-state index contributed by atoms with van der Waals surface area (Å²) in [6.07, 6.45) is 2.57. The second-order valence-corrected chi connectivity index (χ2v) is 8.72. The van der Waals surface area contributed by atoms with Gasteiger partial charge in [0, 0.05) is 12.1 Å². The molecular formula is C30H20O10. The van der Waals surface area contributed by atoms with E-state index in [1.54, 1.807) is 24.3 Å². The Hall–Kier alpha value is -5.90. The number of rotatable bonds is 2. The average molecular weight is 540 g/mol. The monoisotopic (exact) mass is 540 g/mol. The maximum atomic E-state index is 12.4. The van der Waals surface area contributed by atoms with Crippen molar-refractivity contribution in [1.29, 1.82) is 0 Å². The van der Waals surface area contributed by atoms with Gasteiger partial charge >= 0.3 is 0 Å². The quantitative estimate of drug-likeness (QED) is 0.161. The lowest BCUT2D eigenvalue weighted by Gasteiger charge is -2.04. The van der Waals surface area contributed by atoms with E-state index in [1.165, 1.54) is 61.1 Å². The zero-order chi connectivity index (χ0) is 28.6. The molecule has 0 aliphatic heterocycles. The number of hydrogen-bond acceptors (Lipinski definition) is 10. The molecule has 4 aromatic carbocycles. The first-order valence-corrected chi connectivity index (χ1v) is 11.7. The van der Waals surface area contributed by atoms with Gasteiger partial charge in [0.25, 0.3) is 0 Å². The Kier molecular flexibility index (Phi) is 6.50. The Morgan fingerprint density at radius 3 is 1.12 bits per heavy atom. The second-order valence-electron chi connectivity index (χ2n) is 8.72. The van der Waals surface area contributed by atoms with Gasteiger partial charge in [-0.2, -0.15) is 0 Å². The molecule has 10 nitrogen and oxygen atoms in total. The molecule has 2 heterocycles. The SMILES string of the molecule is O=c1c(-c2ccc(O)cc2)coc2cc(O)c(O)cc12.O=c1c(-c2ccc(O)cc2)coc2cc(O)c(O)cc12. The van der Waals surface area contributed by atoms with Crippen LogP contribution in [0.3, 0.4) is 0 Å². The molecule has 0 amide bonds. The standard InChI is InChI=1S/2C15H10O5/c2*16-9-3-1-8(2-4-9)11-7-20-14-6-13(18)12(17)5-10(14)15(11)19/h2*1-7,16-18H. The first-order valence-electron chi connectivity index (χ1n) is 11.7. The topological polar surface area (TPSA) is 182 Å². The van der Waals surface area contributed by atoms with E-state index in [0.29, 0.717) is 22.3 Å². The molecule has 10 heteroatoms. The van der Waals surface area contributed by atoms with Crippen molar-refractivity contribution in [3.05, 3.63) is 106 Å². The summed E-state index contributed by atoms with van der Waals surface area (Å²) in [6.45, 7) is 0. The minimum absolute atomic E-state index is 0.0986. The molecule has 200 valence electrons. The Morgan fingerprint density at radius 1 is 0.450 bits per heavy atom. The van der Waals surface area contributed by atoms with Crippen LogP contribution in [0.4, 0.5) is 0 Å². The highest BCUT2D eigenvalue weighted by molar-refractivity contribution is 5.85. The number of phenolic OH excluding ortho intramolecular Hbond substituents is 6. The maximum absolute atomic E-state index is 12.4. The van der Waals surface area contributed by atoms with E-state index >= 15 is 0 Å². The summed E-state index contributed by atoms with van der Waals surface area (Å²) in [5, 5.41) is 56.6. The van der Waals surface area contributed by atoms with Crippen LogP contribution in [0.2, 0.25) is 0 Å². The number of hydrogen-bond donors (Lipinski definition) is 6. The van der Waals surface area contributed by atoms with Gasteiger partial charge in [-0.3, -0.25) is 9.59 Å². The Balaban J connectivity index is 0.000000161. The lowest BCUT2D eigenvalue weighted by Crippen LogP contribution is -2.04. The summed E-state index contributed by atoms with van der Waals surface area (Å²) in [6, 6.07) is 16.9. The molecule has 0 atom stereocenters. The molecule has 0 aliphatic carbocycles. The normalized spacial score (nSPS) is 10.8. The van der Waals surface area contributed by atoms with Crippen molar-refractivity contribution >= 4 is 21.9 Å². The van der Waals surface area contributed by atoms with Crippen LogP contribution >= 0.6 is 0 Å². The summed E-state index contributed by atoms with van der Waals surface area (Å²) < 4.78 is 10.6. The van der Waals surface area contributed by atoms with Gasteiger partial charge in [0.1, 0.15) is 35.2 Å². The van der Waals surface area contributed by atoms with Crippen LogP contribution in [0.1, 0.15) is 0 Å². The van der Waals surface area contributed by atoms with Crippen LogP contribution in [-0.2, 0) is 0 Å². The molecule has 6 aromatic rings. The van der Waals surface area contributed by atoms with Crippen LogP contribution in [-0.4, -0.2) is 30.6 Å². The molecule has 40 heavy (non-hydrogen) atoms.